The van der Waals surface area contributed by atoms with Gasteiger partial charge < -0.3 is 35.0 Å². The highest BCUT2D eigenvalue weighted by Gasteiger charge is 2.43. The molecule has 3 rings (SSSR count). The monoisotopic (exact) mass is 808 g/mol. The average Bonchev–Trinajstić information content (AvgIpc) is 3.69. The van der Waals surface area contributed by atoms with Gasteiger partial charge in [-0.05, 0) is 55.7 Å². The highest BCUT2D eigenvalue weighted by atomic mass is 16.5. The van der Waals surface area contributed by atoms with E-state index in [1.807, 2.05) is 107 Å². The Balaban J connectivity index is 1.76. The van der Waals surface area contributed by atoms with Crippen LogP contribution in [0, 0.1) is 23.7 Å². The maximum absolute atomic E-state index is 14.5. The molecule has 3 N–H and O–H groups in total. The first kappa shape index (κ1) is 48.5. The van der Waals surface area contributed by atoms with Crippen LogP contribution < -0.4 is 10.6 Å². The summed E-state index contributed by atoms with van der Waals surface area (Å²) >= 11 is 0. The predicted octanol–water partition coefficient (Wildman–Crippen LogP) is 5.44. The maximum Gasteiger partial charge on any atom is 0.245 e. The van der Waals surface area contributed by atoms with Crippen molar-refractivity contribution < 1.29 is 33.8 Å². The van der Waals surface area contributed by atoms with Crippen LogP contribution >= 0.6 is 0 Å². The smallest absolute Gasteiger partial charge is 0.245 e. The van der Waals surface area contributed by atoms with Gasteiger partial charge in [0.05, 0.1) is 54.8 Å². The van der Waals surface area contributed by atoms with Gasteiger partial charge in [-0.3, -0.25) is 24.1 Å². The number of nitrogens with zero attached hydrogens (tertiary/aromatic N) is 3. The number of ether oxygens (including phenoxy) is 2. The second kappa shape index (κ2) is 23.1. The van der Waals surface area contributed by atoms with Gasteiger partial charge in [-0.1, -0.05) is 116 Å². The molecule has 10 atom stereocenters. The Labute approximate surface area is 348 Å². The summed E-state index contributed by atoms with van der Waals surface area (Å²) in [5, 5.41) is 16.9. The molecule has 0 unspecified atom stereocenters. The zero-order valence-corrected chi connectivity index (χ0v) is 37.2. The molecule has 1 saturated heterocycles. The number of benzene rings is 2. The molecule has 0 saturated carbocycles. The second-order valence-corrected chi connectivity index (χ2v) is 17.1. The molecule has 12 heteroatoms. The van der Waals surface area contributed by atoms with E-state index in [9.17, 15) is 24.3 Å². The number of amides is 4. The first-order valence-electron chi connectivity index (χ1n) is 21.2. The van der Waals surface area contributed by atoms with Crippen LogP contribution in [0.5, 0.6) is 0 Å². The average molecular weight is 808 g/mol. The van der Waals surface area contributed by atoms with Gasteiger partial charge in [-0.25, -0.2) is 0 Å². The summed E-state index contributed by atoms with van der Waals surface area (Å²) in [6, 6.07) is 16.6. The van der Waals surface area contributed by atoms with E-state index in [1.165, 1.54) is 0 Å². The number of methoxy groups -OCH3 is 2. The Morgan fingerprint density at radius 1 is 0.845 bits per heavy atom. The summed E-state index contributed by atoms with van der Waals surface area (Å²) in [7, 11) is 6.81. The number of likely N-dealkylation sites (tertiary alicyclic amines) is 1. The number of nitrogens with one attached hydrogen (secondary N) is 2. The Bertz CT molecular complexity index is 1580. The lowest BCUT2D eigenvalue weighted by Gasteiger charge is -2.41. The summed E-state index contributed by atoms with van der Waals surface area (Å²) in [5.41, 5.74) is 1.81. The largest absolute Gasteiger partial charge is 0.386 e. The first-order chi connectivity index (χ1) is 27.5. The van der Waals surface area contributed by atoms with Gasteiger partial charge in [-0.15, -0.1) is 0 Å². The third kappa shape index (κ3) is 12.6. The van der Waals surface area contributed by atoms with Crippen LogP contribution in [0.15, 0.2) is 60.7 Å². The number of hydrogen-bond donors (Lipinski definition) is 3. The predicted molar refractivity (Wildman–Crippen MR) is 228 cm³/mol. The third-order valence-corrected chi connectivity index (χ3v) is 12.1. The van der Waals surface area contributed by atoms with Crippen LogP contribution in [0.4, 0.5) is 0 Å². The number of rotatable bonds is 22. The molecule has 0 aliphatic carbocycles. The normalized spacial score (nSPS) is 19.2. The van der Waals surface area contributed by atoms with Crippen LogP contribution in [0.1, 0.15) is 98.3 Å². The second-order valence-electron chi connectivity index (χ2n) is 17.1. The number of aliphatic hydroxyl groups excluding tert-OH is 1. The molecule has 12 nitrogen and oxygen atoms in total. The molecular formula is C46H73N5O7. The third-order valence-electron chi connectivity index (χ3n) is 12.1. The fraction of sp³-hybridized carbons (Fsp3) is 0.652. The zero-order chi connectivity index (χ0) is 43.3. The lowest BCUT2D eigenvalue weighted by Crippen LogP contribution is -2.60. The Hall–Kier alpha value is -3.84. The van der Waals surface area contributed by atoms with Gasteiger partial charge in [-0.2, -0.15) is 0 Å². The standard InChI is InChI=1S/C46H73N5O7/c1-13-31(6)41(50(10)46(56)39(29(2)3)48-45(55)40(30(4)5)49(9)28-34-21-16-14-17-22-34)37(57-11)27-38(52)51-26-20-25-36(51)43(58-12)32(7)44(54)47-33(8)42(53)35-23-18-15-19-24-35/h14-19,21-24,29-33,36-37,39-43,53H,13,20,25-28H2,1-12H3,(H,47,54)(H,48,55)/t31-,32+,33+,36-,37+,39-,40-,41-,42+,43+/m0/s1. The molecule has 0 spiro atoms. The molecule has 1 aliphatic heterocycles. The zero-order valence-electron chi connectivity index (χ0n) is 37.2. The molecule has 1 aliphatic rings. The quantitative estimate of drug-likeness (QED) is 0.143. The summed E-state index contributed by atoms with van der Waals surface area (Å²) in [6.45, 7) is 16.6. The molecule has 58 heavy (non-hydrogen) atoms. The maximum atomic E-state index is 14.5. The summed E-state index contributed by atoms with van der Waals surface area (Å²) in [6.07, 6.45) is 0.0812. The Kier molecular flexibility index (Phi) is 19.3. The molecule has 324 valence electrons. The van der Waals surface area contributed by atoms with Gasteiger partial charge in [0.2, 0.25) is 23.6 Å². The van der Waals surface area contributed by atoms with Crippen molar-refractivity contribution in [3.05, 3.63) is 71.8 Å². The molecule has 0 radical (unpaired) electrons. The van der Waals surface area contributed by atoms with Crippen molar-refractivity contribution in [3.8, 4) is 0 Å². The minimum atomic E-state index is -0.881. The summed E-state index contributed by atoms with van der Waals surface area (Å²) in [5.74, 6) is -1.70. The number of likely N-dealkylation sites (N-methyl/N-ethyl adjacent to an activating group) is 2. The molecule has 1 fully saturated rings. The summed E-state index contributed by atoms with van der Waals surface area (Å²) in [4.78, 5) is 61.8. The Morgan fingerprint density at radius 3 is 1.98 bits per heavy atom. The minimum Gasteiger partial charge on any atom is -0.386 e. The van der Waals surface area contributed by atoms with E-state index in [2.05, 4.69) is 17.6 Å². The van der Waals surface area contributed by atoms with Crippen molar-refractivity contribution in [2.24, 2.45) is 23.7 Å². The highest BCUT2D eigenvalue weighted by Crippen LogP contribution is 2.30. The van der Waals surface area contributed by atoms with Crippen molar-refractivity contribution in [1.82, 2.24) is 25.3 Å². The van der Waals surface area contributed by atoms with Crippen molar-refractivity contribution in [2.75, 3.05) is 34.9 Å². The van der Waals surface area contributed by atoms with Gasteiger partial charge in [0.15, 0.2) is 0 Å². The molecule has 1 heterocycles. The van der Waals surface area contributed by atoms with Crippen LogP contribution in [0.25, 0.3) is 0 Å². The SMILES string of the molecule is CC[C@H](C)[C@@H]([C@@H](CC(=O)N1CCC[C@H]1[C@H](OC)[C@@H](C)C(=O)N[C@H](C)[C@@H](O)c1ccccc1)OC)N(C)C(=O)[C@@H](NC(=O)[C@H](C(C)C)N(C)Cc1ccccc1)C(C)C. The lowest BCUT2D eigenvalue weighted by atomic mass is 9.89. The topological polar surface area (TPSA) is 141 Å². The van der Waals surface area contributed by atoms with Crippen LogP contribution in [0.2, 0.25) is 0 Å². The van der Waals surface area contributed by atoms with Gasteiger partial charge in [0, 0.05) is 34.4 Å². The van der Waals surface area contributed by atoms with Crippen molar-refractivity contribution in [2.45, 2.75) is 136 Å². The highest BCUT2D eigenvalue weighted by molar-refractivity contribution is 5.90. The lowest BCUT2D eigenvalue weighted by molar-refractivity contribution is -0.148. The van der Waals surface area contributed by atoms with E-state index in [-0.39, 0.29) is 53.8 Å². The number of carbonyl (C=O) groups is 4. The van der Waals surface area contributed by atoms with E-state index in [4.69, 9.17) is 9.47 Å². The van der Waals surface area contributed by atoms with E-state index >= 15 is 0 Å². The number of aliphatic hydroxyl groups is 1. The summed E-state index contributed by atoms with van der Waals surface area (Å²) < 4.78 is 12.0. The molecule has 4 amide bonds. The Morgan fingerprint density at radius 2 is 1.45 bits per heavy atom. The van der Waals surface area contributed by atoms with E-state index in [1.54, 1.807) is 44.9 Å². The molecule has 2 aromatic rings. The van der Waals surface area contributed by atoms with Crippen molar-refractivity contribution in [1.29, 1.82) is 0 Å². The van der Waals surface area contributed by atoms with Gasteiger partial charge in [0.25, 0.3) is 0 Å². The molecule has 0 aromatic heterocycles. The number of carbonyl (C=O) groups excluding carboxylic acids is 4. The van der Waals surface area contributed by atoms with E-state index in [0.29, 0.717) is 25.1 Å². The van der Waals surface area contributed by atoms with Crippen LogP contribution in [-0.4, -0.2) is 121 Å². The van der Waals surface area contributed by atoms with Crippen molar-refractivity contribution >= 4 is 23.6 Å². The van der Waals surface area contributed by atoms with E-state index < -0.39 is 48.4 Å². The van der Waals surface area contributed by atoms with E-state index in [0.717, 1.165) is 18.4 Å². The number of hydrogen-bond acceptors (Lipinski definition) is 8. The van der Waals surface area contributed by atoms with Gasteiger partial charge >= 0.3 is 0 Å². The molecular weight excluding hydrogens is 735 g/mol. The molecule has 2 aromatic carbocycles. The minimum absolute atomic E-state index is 0.00769. The fourth-order valence-corrected chi connectivity index (χ4v) is 8.63. The van der Waals surface area contributed by atoms with Crippen molar-refractivity contribution in [3.63, 3.8) is 0 Å². The van der Waals surface area contributed by atoms with Gasteiger partial charge in [0.1, 0.15) is 6.04 Å². The first-order valence-corrected chi connectivity index (χ1v) is 21.2. The van der Waals surface area contributed by atoms with Crippen LogP contribution in [-0.2, 0) is 35.2 Å². The molecule has 0 bridgehead atoms. The van der Waals surface area contributed by atoms with Crippen LogP contribution in [0.3, 0.4) is 0 Å². The fourth-order valence-electron chi connectivity index (χ4n) is 8.63.